The van der Waals surface area contributed by atoms with E-state index < -0.39 is 22.4 Å². The molecule has 0 unspecified atom stereocenters. The highest BCUT2D eigenvalue weighted by atomic mass is 79.9. The van der Waals surface area contributed by atoms with Crippen molar-refractivity contribution < 1.29 is 58.9 Å². The lowest BCUT2D eigenvalue weighted by atomic mass is 9.47. The van der Waals surface area contributed by atoms with Crippen LogP contribution in [-0.4, -0.2) is 59.9 Å². The molecule has 132 heavy (non-hydrogen) atoms. The van der Waals surface area contributed by atoms with Crippen LogP contribution in [0.15, 0.2) is 114 Å². The Kier molecular flexibility index (Phi) is 41.6. The van der Waals surface area contributed by atoms with E-state index in [4.69, 9.17) is 23.2 Å². The fraction of sp³-hybridized carbons (Fsp3) is 0.579. The lowest BCUT2D eigenvalue weighted by Gasteiger charge is -2.57. The Morgan fingerprint density at radius 2 is 0.697 bits per heavy atom. The number of rotatable bonds is 11. The number of anilines is 1. The summed E-state index contributed by atoms with van der Waals surface area (Å²) < 4.78 is 38.0. The number of phenolic OH excluding ortho intramolecular Hbond substituents is 8. The van der Waals surface area contributed by atoms with Gasteiger partial charge in [-0.25, -0.2) is 0 Å². The molecule has 12 rings (SSSR count). The van der Waals surface area contributed by atoms with Crippen LogP contribution in [-0.2, 0) is 49.5 Å². The summed E-state index contributed by atoms with van der Waals surface area (Å²) in [6.07, 6.45) is 3.82. The van der Waals surface area contributed by atoms with Crippen molar-refractivity contribution in [3.63, 3.8) is 0 Å². The molecule has 0 spiro atoms. The molecule has 0 amide bonds. The van der Waals surface area contributed by atoms with Gasteiger partial charge in [0.1, 0.15) is 46.0 Å². The van der Waals surface area contributed by atoms with E-state index in [1.807, 2.05) is 80.8 Å². The zero-order chi connectivity index (χ0) is 101. The fourth-order valence-corrected chi connectivity index (χ4v) is 18.5. The predicted octanol–water partition coefficient (Wildman–Crippen LogP) is 35.4. The second-order valence-electron chi connectivity index (χ2n) is 46.9. The van der Waals surface area contributed by atoms with E-state index in [1.165, 1.54) is 91.1 Å². The maximum atomic E-state index is 12.3. The summed E-state index contributed by atoms with van der Waals surface area (Å²) in [5, 5.41) is 92.8. The van der Waals surface area contributed by atoms with Crippen LogP contribution in [0.1, 0.15) is 444 Å². The number of alkyl halides is 3. The van der Waals surface area contributed by atoms with Crippen LogP contribution in [0.3, 0.4) is 0 Å². The van der Waals surface area contributed by atoms with Crippen molar-refractivity contribution in [3.8, 4) is 46.0 Å². The Bertz CT molecular complexity index is 5100. The molecule has 0 saturated heterocycles. The molecule has 12 nitrogen and oxygen atoms in total. The molecular formula is C114H170BrCl2F3N2O10. The summed E-state index contributed by atoms with van der Waals surface area (Å²) in [7, 11) is 4.06. The number of aromatic hydroxyl groups is 8. The number of benzene rings is 8. The van der Waals surface area contributed by atoms with Gasteiger partial charge in [-0.15, -0.1) is 0 Å². The summed E-state index contributed by atoms with van der Waals surface area (Å²) in [5.74, 6) is 6.71. The molecule has 8 N–H and O–H groups in total. The molecule has 4 aliphatic carbocycles. The van der Waals surface area contributed by atoms with E-state index >= 15 is 0 Å². The number of para-hydroxylation sites is 1. The van der Waals surface area contributed by atoms with E-state index in [2.05, 4.69) is 257 Å². The summed E-state index contributed by atoms with van der Waals surface area (Å²) >= 11 is 15.0. The van der Waals surface area contributed by atoms with Gasteiger partial charge in [0.15, 0.2) is 0 Å². The first-order valence-electron chi connectivity index (χ1n) is 47.1. The molecule has 8 aromatic rings. The third-order valence-electron chi connectivity index (χ3n) is 25.2. The topological polar surface area (TPSA) is 208 Å². The molecule has 4 fully saturated rings. The molecule has 738 valence electrons. The molecule has 8 aromatic carbocycles. The smallest absolute Gasteiger partial charge is 0.419 e. The SMILES string of the molecule is C.CC(C)c1cc(Br)cc(C(C)(C)C)c1O.CC(C)c1cc(C(C)(C)C)cc(C(C)(C)C)c1O.CC(C)c1cc(C(C)(C)C)cc(C23CC4CC(CC(C4)C2)C3)c1O.CC(C)c1cc(C(C)(C)C)ccc1O.CC(C)c1cc(Cl)cc(Cl)c1O.CC(C)c1cc(N(C)C)cc(C(C)(C)C)c1O.CC(C)c1cc([N+](=O)[O-])cc(C(C)(C)C)c1O.CC(C)c1cccc(C(F)(F)F)c1O. The van der Waals surface area contributed by atoms with Crippen LogP contribution < -0.4 is 4.90 Å². The number of nitro benzene ring substituents is 1. The zero-order valence-electron chi connectivity index (χ0n) is 87.0. The Labute approximate surface area is 814 Å². The lowest BCUT2D eigenvalue weighted by Crippen LogP contribution is -2.48. The van der Waals surface area contributed by atoms with Gasteiger partial charge in [0.05, 0.1) is 15.5 Å². The first-order chi connectivity index (χ1) is 59.3. The quantitative estimate of drug-likeness (QED) is 0.0451. The van der Waals surface area contributed by atoms with Gasteiger partial charge in [-0.05, 0) is 257 Å². The minimum absolute atomic E-state index is 0. The first-order valence-corrected chi connectivity index (χ1v) is 48.6. The van der Waals surface area contributed by atoms with Crippen molar-refractivity contribution in [2.24, 2.45) is 17.8 Å². The van der Waals surface area contributed by atoms with Crippen molar-refractivity contribution in [1.82, 2.24) is 0 Å². The normalized spacial score (nSPS) is 16.2. The minimum Gasteiger partial charge on any atom is -0.508 e. The molecule has 4 aliphatic rings. The highest BCUT2D eigenvalue weighted by Crippen LogP contribution is 2.63. The van der Waals surface area contributed by atoms with Gasteiger partial charge in [-0.3, -0.25) is 10.1 Å². The van der Waals surface area contributed by atoms with Crippen LogP contribution in [0.25, 0.3) is 0 Å². The molecule has 4 bridgehead atoms. The highest BCUT2D eigenvalue weighted by molar-refractivity contribution is 9.10. The Morgan fingerprint density at radius 1 is 0.371 bits per heavy atom. The van der Waals surface area contributed by atoms with Gasteiger partial charge >= 0.3 is 6.18 Å². The molecule has 4 saturated carbocycles. The van der Waals surface area contributed by atoms with Gasteiger partial charge in [0.25, 0.3) is 5.69 Å². The van der Waals surface area contributed by atoms with Gasteiger partial charge < -0.3 is 45.8 Å². The van der Waals surface area contributed by atoms with E-state index in [1.54, 1.807) is 26.0 Å². The van der Waals surface area contributed by atoms with E-state index in [9.17, 15) is 64.1 Å². The Balaban J connectivity index is 0.000000392. The maximum Gasteiger partial charge on any atom is 0.419 e. The largest absolute Gasteiger partial charge is 0.508 e. The molecular weight excluding hydrogens is 1770 g/mol. The van der Waals surface area contributed by atoms with Crippen LogP contribution >= 0.6 is 39.1 Å². The van der Waals surface area contributed by atoms with Gasteiger partial charge in [-0.1, -0.05) is 351 Å². The third-order valence-corrected chi connectivity index (χ3v) is 26.2. The van der Waals surface area contributed by atoms with Crippen molar-refractivity contribution in [2.45, 2.75) is 399 Å². The number of nitro groups is 1. The lowest BCUT2D eigenvalue weighted by molar-refractivity contribution is -0.385. The van der Waals surface area contributed by atoms with E-state index in [0.29, 0.717) is 85.1 Å². The number of halogens is 6. The average Bonchev–Trinajstić information content (AvgIpc) is 0.720. The third kappa shape index (κ3) is 32.2. The van der Waals surface area contributed by atoms with Crippen LogP contribution in [0.2, 0.25) is 10.0 Å². The molecule has 18 heteroatoms. The van der Waals surface area contributed by atoms with E-state index in [0.717, 1.165) is 84.1 Å². The van der Waals surface area contributed by atoms with Crippen molar-refractivity contribution in [3.05, 3.63) is 228 Å². The molecule has 0 aromatic heterocycles. The van der Waals surface area contributed by atoms with Gasteiger partial charge in [0.2, 0.25) is 0 Å². The highest BCUT2D eigenvalue weighted by Gasteiger charge is 2.53. The average molecular weight is 1940 g/mol. The Hall–Kier alpha value is -7.79. The zero-order valence-corrected chi connectivity index (χ0v) is 90.1. The van der Waals surface area contributed by atoms with Crippen molar-refractivity contribution in [2.75, 3.05) is 19.0 Å². The predicted molar refractivity (Wildman–Crippen MR) is 559 cm³/mol. The molecule has 0 radical (unpaired) electrons. The van der Waals surface area contributed by atoms with Crippen LogP contribution in [0.4, 0.5) is 24.5 Å². The van der Waals surface area contributed by atoms with Crippen LogP contribution in [0, 0.1) is 27.9 Å². The standard InChI is InChI=1S/C23H34O.C17H28O.C15H25NO.C13H19BrO.C13H19NO3.C13H20O.C10H11F3O.C9H10Cl2O.CH4/c1-14(2)19-9-18(22(3,4)5)10-20(21(19)24)23-11-15-6-16(12-23)8-17(7-15)13-23;1-11(2)13-9-12(16(3,4)5)10-14(15(13)18)17(6,7)8;1-10(2)12-8-11(16(6)7)9-13(14(12)17)15(3,4)5;1-8(2)10-6-9(14)7-11(12(10)15)13(3,4)5;1-8(2)10-6-9(14(16)17)7-11(12(10)15)13(3,4)5;1-9(2)11-8-10(13(3,4)5)6-7-12(11)14;1-6(2)7-4-3-5-8(9(7)14)10(11,12)13;1-5(2)7-3-6(10)4-8(11)9(7)12;/h9-10,14-17,24H,6-8,11-13H2,1-5H3;9-11,18H,1-8H3;8-10,17H,1-7H3;6-8,15H,1-5H3;6-8,15H,1-5H3;6-9,14H,1-5H3;3-6,14H,1-2H3;3-5,12H,1-2H3;1H4. The van der Waals surface area contributed by atoms with E-state index in [-0.39, 0.29) is 85.7 Å². The summed E-state index contributed by atoms with van der Waals surface area (Å²) in [4.78, 5) is 12.6. The Morgan fingerprint density at radius 3 is 1.06 bits per heavy atom. The summed E-state index contributed by atoms with van der Waals surface area (Å²) in [6.45, 7) is 77.6. The molecule has 0 atom stereocenters. The monoisotopic (exact) mass is 1930 g/mol. The number of hydrogen-bond donors (Lipinski definition) is 8. The maximum absolute atomic E-state index is 12.3. The van der Waals surface area contributed by atoms with Gasteiger partial charge in [-0.2, -0.15) is 13.2 Å². The minimum atomic E-state index is -4.49. The number of non-ortho nitro benzene ring substituents is 1. The number of phenols is 8. The number of nitrogens with zero attached hydrogens (tertiary/aromatic N) is 2. The first kappa shape index (κ1) is 118. The van der Waals surface area contributed by atoms with Crippen molar-refractivity contribution in [1.29, 1.82) is 0 Å². The summed E-state index contributed by atoms with van der Waals surface area (Å²) in [6, 6.07) is 32.9. The molecule has 0 heterocycles. The second-order valence-corrected chi connectivity index (χ2v) is 48.6. The summed E-state index contributed by atoms with van der Waals surface area (Å²) in [5.41, 5.74) is 16.5. The second kappa shape index (κ2) is 46.4. The fourth-order valence-electron chi connectivity index (χ4n) is 17.5. The van der Waals surface area contributed by atoms with Gasteiger partial charge in [0, 0.05) is 69.2 Å². The van der Waals surface area contributed by atoms with Crippen molar-refractivity contribution >= 4 is 50.5 Å². The number of hydrogen-bond acceptors (Lipinski definition) is 11. The van der Waals surface area contributed by atoms with Crippen LogP contribution in [0.5, 0.6) is 46.0 Å². The molecule has 0 aliphatic heterocycles.